The van der Waals surface area contributed by atoms with E-state index in [-0.39, 0.29) is 18.9 Å². The smallest absolute Gasteiger partial charge is 0.290 e. The molecule has 4 N–H and O–H groups in total. The van der Waals surface area contributed by atoms with Crippen molar-refractivity contribution in [2.75, 3.05) is 6.54 Å². The van der Waals surface area contributed by atoms with Crippen LogP contribution in [0.1, 0.15) is 60.3 Å². The van der Waals surface area contributed by atoms with E-state index in [4.69, 9.17) is 0 Å². The highest BCUT2D eigenvalue weighted by molar-refractivity contribution is 6.38. The van der Waals surface area contributed by atoms with Crippen LogP contribution in [0.15, 0.2) is 12.2 Å². The Labute approximate surface area is 184 Å². The van der Waals surface area contributed by atoms with Gasteiger partial charge in [-0.3, -0.25) is 24.0 Å². The van der Waals surface area contributed by atoms with E-state index in [1.165, 1.54) is 13.0 Å². The second-order valence-electron chi connectivity index (χ2n) is 8.66. The Morgan fingerprint density at radius 3 is 2.39 bits per heavy atom. The quantitative estimate of drug-likeness (QED) is 0.357. The summed E-state index contributed by atoms with van der Waals surface area (Å²) in [7, 11) is 0. The molecule has 9 heteroatoms. The number of ketones is 1. The van der Waals surface area contributed by atoms with Gasteiger partial charge in [0, 0.05) is 6.54 Å². The molecule has 0 unspecified atom stereocenters. The second-order valence-corrected chi connectivity index (χ2v) is 8.66. The molecule has 0 aromatic carbocycles. The fourth-order valence-electron chi connectivity index (χ4n) is 3.06. The van der Waals surface area contributed by atoms with Gasteiger partial charge in [0.05, 0.1) is 6.04 Å². The second kappa shape index (κ2) is 12.9. The Hall–Kier alpha value is -2.71. The molecule has 4 amide bonds. The molecular formula is C22H36N4O5. The van der Waals surface area contributed by atoms with Gasteiger partial charge < -0.3 is 21.3 Å². The number of amides is 4. The molecular weight excluding hydrogens is 400 g/mol. The van der Waals surface area contributed by atoms with Crippen molar-refractivity contribution in [1.82, 2.24) is 21.3 Å². The van der Waals surface area contributed by atoms with Crippen molar-refractivity contribution in [3.63, 3.8) is 0 Å². The van der Waals surface area contributed by atoms with Gasteiger partial charge in [-0.1, -0.05) is 33.8 Å². The van der Waals surface area contributed by atoms with E-state index >= 15 is 0 Å². The summed E-state index contributed by atoms with van der Waals surface area (Å²) in [5, 5.41) is 10.3. The number of hydrogen-bond acceptors (Lipinski definition) is 5. The maximum atomic E-state index is 12.6. The van der Waals surface area contributed by atoms with Crippen LogP contribution in [-0.2, 0) is 24.0 Å². The van der Waals surface area contributed by atoms with Gasteiger partial charge in [0.15, 0.2) is 0 Å². The highest BCUT2D eigenvalue weighted by Crippen LogP contribution is 2.06. The lowest BCUT2D eigenvalue weighted by molar-refractivity contribution is -0.141. The number of carbonyl (C=O) groups is 5. The molecule has 31 heavy (non-hydrogen) atoms. The van der Waals surface area contributed by atoms with Crippen LogP contribution >= 0.6 is 0 Å². The van der Waals surface area contributed by atoms with Crippen molar-refractivity contribution in [2.24, 2.45) is 11.8 Å². The van der Waals surface area contributed by atoms with Gasteiger partial charge in [-0.05, 0) is 50.5 Å². The Morgan fingerprint density at radius 1 is 1.10 bits per heavy atom. The average molecular weight is 437 g/mol. The monoisotopic (exact) mass is 436 g/mol. The molecule has 0 radical (unpaired) electrons. The molecule has 0 bridgehead atoms. The first-order valence-corrected chi connectivity index (χ1v) is 10.9. The lowest BCUT2D eigenvalue weighted by Gasteiger charge is -2.22. The molecule has 0 spiro atoms. The van der Waals surface area contributed by atoms with Crippen molar-refractivity contribution >= 4 is 29.4 Å². The molecule has 174 valence electrons. The van der Waals surface area contributed by atoms with Crippen molar-refractivity contribution in [1.29, 1.82) is 0 Å². The molecule has 0 saturated carbocycles. The summed E-state index contributed by atoms with van der Waals surface area (Å²) in [4.78, 5) is 61.9. The molecule has 1 saturated heterocycles. The lowest BCUT2D eigenvalue weighted by atomic mass is 10.0. The highest BCUT2D eigenvalue weighted by atomic mass is 16.2. The minimum atomic E-state index is -1.09. The normalized spacial score (nSPS) is 24.2. The van der Waals surface area contributed by atoms with Crippen molar-refractivity contribution in [3.8, 4) is 0 Å². The number of carbonyl (C=O) groups excluding carboxylic acids is 5. The van der Waals surface area contributed by atoms with Crippen LogP contribution in [-0.4, -0.2) is 54.1 Å². The van der Waals surface area contributed by atoms with Gasteiger partial charge in [0.1, 0.15) is 12.1 Å². The Bertz CT molecular complexity index is 702. The number of Topliss-reactive ketones (excluding diaryl/α,β-unsaturated/α-hetero) is 1. The molecule has 0 aromatic heterocycles. The predicted molar refractivity (Wildman–Crippen MR) is 117 cm³/mol. The van der Waals surface area contributed by atoms with Gasteiger partial charge >= 0.3 is 0 Å². The van der Waals surface area contributed by atoms with Crippen LogP contribution in [0.2, 0.25) is 0 Å². The minimum absolute atomic E-state index is 0.221. The SMILES string of the molecule is CC(C)CC/C=C/C(=O)N[C@@H]1CCCNC(=O)[C@@H](C(C)C)NC(=O)C(=O)[C@@H](C)NC1=O. The summed E-state index contributed by atoms with van der Waals surface area (Å²) in [6.45, 7) is 9.38. The van der Waals surface area contributed by atoms with E-state index in [0.717, 1.165) is 12.8 Å². The number of hydrogen-bond donors (Lipinski definition) is 4. The summed E-state index contributed by atoms with van der Waals surface area (Å²) in [6, 6.07) is -2.84. The Kier molecular flexibility index (Phi) is 10.9. The van der Waals surface area contributed by atoms with Crippen LogP contribution in [0.5, 0.6) is 0 Å². The largest absolute Gasteiger partial charge is 0.354 e. The molecule has 9 nitrogen and oxygen atoms in total. The number of rotatable bonds is 6. The average Bonchev–Trinajstić information content (AvgIpc) is 2.69. The lowest BCUT2D eigenvalue weighted by Crippen LogP contribution is -2.55. The standard InChI is InChI=1S/C22H36N4O5/c1-13(2)9-6-7-11-17(27)25-16-10-8-12-23-21(30)18(14(3)4)26-22(31)19(28)15(5)24-20(16)29/h7,11,13-16,18H,6,8-10,12H2,1-5H3,(H,23,30)(H,24,29)(H,25,27)(H,26,31)/b11-7+/t15-,16-,18-/m1/s1. The van der Waals surface area contributed by atoms with Crippen LogP contribution in [0, 0.1) is 11.8 Å². The third-order valence-electron chi connectivity index (χ3n) is 4.99. The van der Waals surface area contributed by atoms with E-state index in [1.807, 2.05) is 0 Å². The van der Waals surface area contributed by atoms with Gasteiger partial charge in [-0.15, -0.1) is 0 Å². The highest BCUT2D eigenvalue weighted by Gasteiger charge is 2.31. The summed E-state index contributed by atoms with van der Waals surface area (Å²) < 4.78 is 0. The number of nitrogens with one attached hydrogen (secondary N) is 4. The topological polar surface area (TPSA) is 133 Å². The summed E-state index contributed by atoms with van der Waals surface area (Å²) >= 11 is 0. The summed E-state index contributed by atoms with van der Waals surface area (Å²) in [5.74, 6) is -2.84. The molecule has 1 rings (SSSR count). The van der Waals surface area contributed by atoms with E-state index in [9.17, 15) is 24.0 Å². The van der Waals surface area contributed by atoms with E-state index in [0.29, 0.717) is 12.3 Å². The van der Waals surface area contributed by atoms with Gasteiger partial charge in [-0.25, -0.2) is 0 Å². The molecule has 1 heterocycles. The van der Waals surface area contributed by atoms with E-state index < -0.39 is 47.5 Å². The first-order chi connectivity index (χ1) is 14.5. The maximum absolute atomic E-state index is 12.6. The first-order valence-electron chi connectivity index (χ1n) is 10.9. The zero-order valence-electron chi connectivity index (χ0n) is 19.1. The Morgan fingerprint density at radius 2 is 1.77 bits per heavy atom. The fourth-order valence-corrected chi connectivity index (χ4v) is 3.06. The van der Waals surface area contributed by atoms with Crippen LogP contribution < -0.4 is 21.3 Å². The predicted octanol–water partition coefficient (Wildman–Crippen LogP) is 0.588. The molecule has 0 aliphatic carbocycles. The van der Waals surface area contributed by atoms with E-state index in [2.05, 4.69) is 35.1 Å². The van der Waals surface area contributed by atoms with Crippen LogP contribution in [0.4, 0.5) is 0 Å². The molecule has 0 aromatic rings. The zero-order valence-corrected chi connectivity index (χ0v) is 19.1. The fraction of sp³-hybridized carbons (Fsp3) is 0.682. The molecule has 1 aliphatic rings. The molecule has 1 fully saturated rings. The third kappa shape index (κ3) is 9.31. The number of allylic oxidation sites excluding steroid dienone is 1. The molecule has 3 atom stereocenters. The van der Waals surface area contributed by atoms with Crippen LogP contribution in [0.3, 0.4) is 0 Å². The molecule has 1 aliphatic heterocycles. The summed E-state index contributed by atoms with van der Waals surface area (Å²) in [6.07, 6.45) is 5.57. The zero-order chi connectivity index (χ0) is 23.6. The van der Waals surface area contributed by atoms with Gasteiger partial charge in [-0.2, -0.15) is 0 Å². The first kappa shape index (κ1) is 26.3. The maximum Gasteiger partial charge on any atom is 0.290 e. The van der Waals surface area contributed by atoms with Crippen molar-refractivity contribution in [3.05, 3.63) is 12.2 Å². The third-order valence-corrected chi connectivity index (χ3v) is 4.99. The van der Waals surface area contributed by atoms with Crippen molar-refractivity contribution < 1.29 is 24.0 Å². The van der Waals surface area contributed by atoms with Gasteiger partial charge in [0.2, 0.25) is 23.5 Å². The minimum Gasteiger partial charge on any atom is -0.354 e. The van der Waals surface area contributed by atoms with Crippen LogP contribution in [0.25, 0.3) is 0 Å². The van der Waals surface area contributed by atoms with Crippen molar-refractivity contribution in [2.45, 2.75) is 78.4 Å². The van der Waals surface area contributed by atoms with E-state index in [1.54, 1.807) is 19.9 Å². The summed E-state index contributed by atoms with van der Waals surface area (Å²) in [5.41, 5.74) is 0. The Balaban J connectivity index is 2.90. The van der Waals surface area contributed by atoms with Gasteiger partial charge in [0.25, 0.3) is 5.91 Å².